The normalized spacial score (nSPS) is 18.8. The van der Waals surface area contributed by atoms with E-state index in [1.165, 1.54) is 0 Å². The van der Waals surface area contributed by atoms with E-state index in [0.29, 0.717) is 18.5 Å². The molecule has 1 fully saturated rings. The topological polar surface area (TPSA) is 93.9 Å². The molecule has 0 unspecified atom stereocenters. The molecule has 1 aliphatic heterocycles. The number of carbonyl (C=O) groups excluding carboxylic acids is 1. The zero-order chi connectivity index (χ0) is 15.2. The Bertz CT molecular complexity index is 599. The Morgan fingerprint density at radius 2 is 2.29 bits per heavy atom. The number of nitrogens with zero attached hydrogens (tertiary/aromatic N) is 3. The van der Waals surface area contributed by atoms with E-state index in [2.05, 4.69) is 12.1 Å². The van der Waals surface area contributed by atoms with Gasteiger partial charge >= 0.3 is 0 Å². The molecule has 1 heterocycles. The van der Waals surface area contributed by atoms with Crippen molar-refractivity contribution in [1.82, 2.24) is 4.90 Å². The fourth-order valence-corrected chi connectivity index (χ4v) is 2.68. The Kier molecular flexibility index (Phi) is 4.92. The summed E-state index contributed by atoms with van der Waals surface area (Å²) in [5.74, 6) is -0.0528. The second-order valence-electron chi connectivity index (χ2n) is 5.35. The van der Waals surface area contributed by atoms with E-state index in [1.807, 2.05) is 12.1 Å². The van der Waals surface area contributed by atoms with Crippen molar-refractivity contribution in [2.75, 3.05) is 6.54 Å². The summed E-state index contributed by atoms with van der Waals surface area (Å²) in [7, 11) is 0. The molecule has 1 aromatic rings. The minimum Gasteiger partial charge on any atom is -0.327 e. The van der Waals surface area contributed by atoms with Crippen molar-refractivity contribution in [2.24, 2.45) is 5.73 Å². The molecule has 1 aromatic carbocycles. The first kappa shape index (κ1) is 15.0. The first-order chi connectivity index (χ1) is 10.1. The number of hydrogen-bond acceptors (Lipinski definition) is 4. The first-order valence-corrected chi connectivity index (χ1v) is 7.07. The Morgan fingerprint density at radius 3 is 3.00 bits per heavy atom. The summed E-state index contributed by atoms with van der Waals surface area (Å²) in [5, 5.41) is 17.9. The smallest absolute Gasteiger partial charge is 0.225 e. The highest BCUT2D eigenvalue weighted by Crippen LogP contribution is 2.18. The van der Waals surface area contributed by atoms with Crippen molar-refractivity contribution in [2.45, 2.75) is 37.8 Å². The lowest BCUT2D eigenvalue weighted by atomic mass is 10.0. The van der Waals surface area contributed by atoms with Gasteiger partial charge in [0.25, 0.3) is 0 Å². The lowest BCUT2D eigenvalue weighted by molar-refractivity contribution is -0.131. The molecule has 0 spiro atoms. The summed E-state index contributed by atoms with van der Waals surface area (Å²) in [6.07, 6.45) is 2.41. The van der Waals surface area contributed by atoms with Gasteiger partial charge in [-0.2, -0.15) is 10.5 Å². The summed E-state index contributed by atoms with van der Waals surface area (Å²) in [6.45, 7) is 0.647. The highest BCUT2D eigenvalue weighted by molar-refractivity contribution is 5.77. The summed E-state index contributed by atoms with van der Waals surface area (Å²) < 4.78 is 0. The molecule has 0 radical (unpaired) electrons. The number of rotatable bonds is 4. The molecule has 5 heteroatoms. The Morgan fingerprint density at radius 1 is 1.48 bits per heavy atom. The highest BCUT2D eigenvalue weighted by atomic mass is 16.2. The summed E-state index contributed by atoms with van der Waals surface area (Å²) >= 11 is 0. The van der Waals surface area contributed by atoms with Crippen molar-refractivity contribution in [1.29, 1.82) is 10.5 Å². The zero-order valence-electron chi connectivity index (χ0n) is 11.8. The van der Waals surface area contributed by atoms with Gasteiger partial charge in [-0.1, -0.05) is 12.1 Å². The third kappa shape index (κ3) is 3.81. The van der Waals surface area contributed by atoms with E-state index in [-0.39, 0.29) is 24.4 Å². The molecular formula is C16H18N4O. The minimum atomic E-state index is -0.300. The van der Waals surface area contributed by atoms with Crippen LogP contribution in [0.5, 0.6) is 0 Å². The third-order valence-electron chi connectivity index (χ3n) is 3.71. The zero-order valence-corrected chi connectivity index (χ0v) is 11.8. The predicted molar refractivity (Wildman–Crippen MR) is 77.8 cm³/mol. The van der Waals surface area contributed by atoms with Crippen molar-refractivity contribution < 1.29 is 4.79 Å². The van der Waals surface area contributed by atoms with E-state index in [1.54, 1.807) is 17.0 Å². The fraction of sp³-hybridized carbons (Fsp3) is 0.438. The maximum absolute atomic E-state index is 12.2. The Balaban J connectivity index is 1.92. The second-order valence-corrected chi connectivity index (χ2v) is 5.35. The van der Waals surface area contributed by atoms with Gasteiger partial charge in [-0.25, -0.2) is 0 Å². The van der Waals surface area contributed by atoms with Gasteiger partial charge in [0, 0.05) is 19.0 Å². The van der Waals surface area contributed by atoms with Gasteiger partial charge in [0.1, 0.15) is 6.04 Å². The van der Waals surface area contributed by atoms with Crippen LogP contribution in [0.25, 0.3) is 0 Å². The van der Waals surface area contributed by atoms with Crippen molar-refractivity contribution >= 4 is 5.91 Å². The molecule has 1 saturated heterocycles. The summed E-state index contributed by atoms with van der Waals surface area (Å²) in [4.78, 5) is 13.8. The molecule has 5 nitrogen and oxygen atoms in total. The molecule has 1 aliphatic rings. The van der Waals surface area contributed by atoms with E-state index >= 15 is 0 Å². The quantitative estimate of drug-likeness (QED) is 0.901. The largest absolute Gasteiger partial charge is 0.327 e. The van der Waals surface area contributed by atoms with Crippen LogP contribution >= 0.6 is 0 Å². The molecule has 0 aliphatic carbocycles. The first-order valence-electron chi connectivity index (χ1n) is 7.07. The van der Waals surface area contributed by atoms with Gasteiger partial charge in [0.15, 0.2) is 0 Å². The molecule has 0 saturated carbocycles. The van der Waals surface area contributed by atoms with Gasteiger partial charge in [-0.05, 0) is 37.0 Å². The number of nitriles is 2. The van der Waals surface area contributed by atoms with Gasteiger partial charge in [0.05, 0.1) is 17.7 Å². The number of benzene rings is 1. The van der Waals surface area contributed by atoms with Crippen LogP contribution in [0.15, 0.2) is 24.3 Å². The van der Waals surface area contributed by atoms with E-state index < -0.39 is 0 Å². The molecule has 0 bridgehead atoms. The molecule has 21 heavy (non-hydrogen) atoms. The summed E-state index contributed by atoms with van der Waals surface area (Å²) in [5.41, 5.74) is 7.58. The molecular weight excluding hydrogens is 264 g/mol. The van der Waals surface area contributed by atoms with E-state index in [0.717, 1.165) is 18.4 Å². The van der Waals surface area contributed by atoms with Crippen LogP contribution in [0.3, 0.4) is 0 Å². The van der Waals surface area contributed by atoms with Crippen molar-refractivity contribution in [3.8, 4) is 12.1 Å². The van der Waals surface area contributed by atoms with Crippen LogP contribution in [-0.4, -0.2) is 29.4 Å². The van der Waals surface area contributed by atoms with Crippen LogP contribution in [0.2, 0.25) is 0 Å². The van der Waals surface area contributed by atoms with Crippen LogP contribution in [0, 0.1) is 22.7 Å². The second kappa shape index (κ2) is 6.88. The fourth-order valence-electron chi connectivity index (χ4n) is 2.68. The van der Waals surface area contributed by atoms with Crippen LogP contribution < -0.4 is 5.73 Å². The standard InChI is InChI=1S/C16H18N4O/c17-10-13-4-1-3-12(7-13)8-14(19)9-16(21)20-6-2-5-15(20)11-18/h1,3-4,7,14-15H,2,5-6,8-9,19H2/t14-,15+/m1/s1. The van der Waals surface area contributed by atoms with Crippen LogP contribution in [0.1, 0.15) is 30.4 Å². The SMILES string of the molecule is N#Cc1cccc(C[C@@H](N)CC(=O)N2CCC[C@H]2C#N)c1. The minimum absolute atomic E-state index is 0.0528. The van der Waals surface area contributed by atoms with Crippen molar-refractivity contribution in [3.63, 3.8) is 0 Å². The van der Waals surface area contributed by atoms with Gasteiger partial charge in [0.2, 0.25) is 5.91 Å². The van der Waals surface area contributed by atoms with Gasteiger partial charge in [-0.15, -0.1) is 0 Å². The van der Waals surface area contributed by atoms with Gasteiger partial charge in [-0.3, -0.25) is 4.79 Å². The predicted octanol–water partition coefficient (Wildman–Crippen LogP) is 1.33. The molecule has 2 rings (SSSR count). The van der Waals surface area contributed by atoms with E-state index in [9.17, 15) is 4.79 Å². The number of nitrogens with two attached hydrogens (primary N) is 1. The van der Waals surface area contributed by atoms with Gasteiger partial charge < -0.3 is 10.6 Å². The van der Waals surface area contributed by atoms with Crippen LogP contribution in [0.4, 0.5) is 0 Å². The van der Waals surface area contributed by atoms with E-state index in [4.69, 9.17) is 16.3 Å². The number of likely N-dealkylation sites (tertiary alicyclic amines) is 1. The molecule has 0 aromatic heterocycles. The maximum atomic E-state index is 12.2. The average Bonchev–Trinajstić information content (AvgIpc) is 2.95. The number of carbonyl (C=O) groups is 1. The lowest BCUT2D eigenvalue weighted by Gasteiger charge is -2.21. The number of hydrogen-bond donors (Lipinski definition) is 1. The molecule has 108 valence electrons. The average molecular weight is 282 g/mol. The maximum Gasteiger partial charge on any atom is 0.225 e. The molecule has 2 atom stereocenters. The Labute approximate surface area is 124 Å². The summed E-state index contributed by atoms with van der Waals surface area (Å²) in [6, 6.07) is 10.9. The molecule has 1 amide bonds. The monoisotopic (exact) mass is 282 g/mol. The lowest BCUT2D eigenvalue weighted by Crippen LogP contribution is -2.39. The van der Waals surface area contributed by atoms with Crippen molar-refractivity contribution in [3.05, 3.63) is 35.4 Å². The third-order valence-corrected chi connectivity index (χ3v) is 3.71. The number of amides is 1. The molecule has 2 N–H and O–H groups in total. The Hall–Kier alpha value is -2.37. The highest BCUT2D eigenvalue weighted by Gasteiger charge is 2.29. The van der Waals surface area contributed by atoms with Crippen LogP contribution in [-0.2, 0) is 11.2 Å².